The van der Waals surface area contributed by atoms with Crippen LogP contribution in [-0.4, -0.2) is 51.5 Å². The number of anilines is 1. The Hall–Kier alpha value is -3.43. The second kappa shape index (κ2) is 13.0. The summed E-state index contributed by atoms with van der Waals surface area (Å²) in [6, 6.07) is 13.2. The van der Waals surface area contributed by atoms with Crippen LogP contribution >= 0.6 is 0 Å². The molecule has 0 atom stereocenters. The van der Waals surface area contributed by atoms with Crippen LogP contribution < -0.4 is 15.4 Å². The first-order chi connectivity index (χ1) is 15.0. The molecule has 0 saturated heterocycles. The van der Waals surface area contributed by atoms with E-state index < -0.39 is 6.16 Å². The Morgan fingerprint density at radius 3 is 2.42 bits per heavy atom. The van der Waals surface area contributed by atoms with E-state index in [4.69, 9.17) is 18.9 Å². The molecule has 0 aliphatic carbocycles. The van der Waals surface area contributed by atoms with Gasteiger partial charge in [-0.1, -0.05) is 18.2 Å². The van der Waals surface area contributed by atoms with E-state index in [9.17, 15) is 14.4 Å². The molecule has 0 saturated carbocycles. The lowest BCUT2D eigenvalue weighted by Gasteiger charge is -2.12. The molecule has 0 aliphatic rings. The van der Waals surface area contributed by atoms with Gasteiger partial charge in [-0.15, -0.1) is 0 Å². The number of rotatable bonds is 11. The van der Waals surface area contributed by atoms with Gasteiger partial charge >= 0.3 is 6.16 Å². The molecule has 2 aromatic rings. The molecule has 0 aliphatic heterocycles. The van der Waals surface area contributed by atoms with E-state index in [0.717, 1.165) is 5.56 Å². The van der Waals surface area contributed by atoms with Gasteiger partial charge in [0.25, 0.3) is 5.91 Å². The summed E-state index contributed by atoms with van der Waals surface area (Å²) >= 11 is 0. The third kappa shape index (κ3) is 8.45. The second-order valence-corrected chi connectivity index (χ2v) is 6.24. The van der Waals surface area contributed by atoms with Gasteiger partial charge in [0.15, 0.2) is 0 Å². The summed E-state index contributed by atoms with van der Waals surface area (Å²) < 4.78 is 19.7. The quantitative estimate of drug-likeness (QED) is 0.320. The molecule has 0 radical (unpaired) electrons. The highest BCUT2D eigenvalue weighted by molar-refractivity contribution is 5.95. The minimum atomic E-state index is -0.803. The minimum Gasteiger partial charge on any atom is -0.434 e. The maximum absolute atomic E-state index is 12.4. The van der Waals surface area contributed by atoms with Crippen LogP contribution in [0, 0.1) is 0 Å². The average molecular weight is 430 g/mol. The summed E-state index contributed by atoms with van der Waals surface area (Å²) in [5.74, 6) is -0.338. The zero-order chi connectivity index (χ0) is 22.5. The van der Waals surface area contributed by atoms with Gasteiger partial charge in [0.1, 0.15) is 12.4 Å². The summed E-state index contributed by atoms with van der Waals surface area (Å²) in [7, 11) is 1.56. The number of carbonyl (C=O) groups is 3. The predicted octanol–water partition coefficient (Wildman–Crippen LogP) is 2.75. The van der Waals surface area contributed by atoms with Crippen LogP contribution in [0.2, 0.25) is 0 Å². The van der Waals surface area contributed by atoms with Crippen molar-refractivity contribution in [2.45, 2.75) is 13.5 Å². The standard InChI is InChI=1S/C22H26N2O7/c1-3-30-22(27)31-18-10-8-16(9-11-18)21(26)23-14-17-6-4-5-7-19(17)24-20(25)15-29-13-12-28-2/h4-11H,3,12-15H2,1-2H3,(H,23,26)(H,24,25). The van der Waals surface area contributed by atoms with Crippen LogP contribution in [0.1, 0.15) is 22.8 Å². The molecular formula is C22H26N2O7. The SMILES string of the molecule is CCOC(=O)Oc1ccc(C(=O)NCc2ccccc2NC(=O)COCCOC)cc1. The number of amides is 2. The monoisotopic (exact) mass is 430 g/mol. The largest absolute Gasteiger partial charge is 0.513 e. The van der Waals surface area contributed by atoms with Crippen molar-refractivity contribution >= 4 is 23.7 Å². The van der Waals surface area contributed by atoms with E-state index in [0.29, 0.717) is 24.5 Å². The lowest BCUT2D eigenvalue weighted by atomic mass is 10.1. The minimum absolute atomic E-state index is 0.0930. The van der Waals surface area contributed by atoms with E-state index in [2.05, 4.69) is 10.6 Å². The maximum atomic E-state index is 12.4. The number of ether oxygens (including phenoxy) is 4. The molecule has 2 N–H and O–H groups in total. The van der Waals surface area contributed by atoms with Gasteiger partial charge in [0, 0.05) is 24.9 Å². The van der Waals surface area contributed by atoms with Crippen LogP contribution in [0.25, 0.3) is 0 Å². The van der Waals surface area contributed by atoms with Crippen LogP contribution in [0.15, 0.2) is 48.5 Å². The van der Waals surface area contributed by atoms with Gasteiger partial charge in [-0.2, -0.15) is 0 Å². The Labute approximate surface area is 180 Å². The van der Waals surface area contributed by atoms with Crippen molar-refractivity contribution in [2.24, 2.45) is 0 Å². The molecule has 2 amide bonds. The molecule has 2 aromatic carbocycles. The Morgan fingerprint density at radius 2 is 1.71 bits per heavy atom. The lowest BCUT2D eigenvalue weighted by molar-refractivity contribution is -0.121. The molecule has 0 bridgehead atoms. The van der Waals surface area contributed by atoms with E-state index in [-0.39, 0.29) is 37.3 Å². The zero-order valence-electron chi connectivity index (χ0n) is 17.5. The van der Waals surface area contributed by atoms with Crippen molar-refractivity contribution < 1.29 is 33.3 Å². The summed E-state index contributed by atoms with van der Waals surface area (Å²) in [5, 5.41) is 5.57. The van der Waals surface area contributed by atoms with Crippen molar-refractivity contribution in [3.05, 3.63) is 59.7 Å². The van der Waals surface area contributed by atoms with Crippen molar-refractivity contribution in [1.29, 1.82) is 0 Å². The number of hydrogen-bond donors (Lipinski definition) is 2. The highest BCUT2D eigenvalue weighted by Crippen LogP contribution is 2.16. The number of hydrogen-bond acceptors (Lipinski definition) is 7. The molecule has 31 heavy (non-hydrogen) atoms. The van der Waals surface area contributed by atoms with Crippen molar-refractivity contribution in [3.63, 3.8) is 0 Å². The summed E-state index contributed by atoms with van der Waals surface area (Å²) in [6.07, 6.45) is -0.803. The first-order valence-electron chi connectivity index (χ1n) is 9.70. The van der Waals surface area contributed by atoms with E-state index in [1.807, 2.05) is 6.07 Å². The first kappa shape index (κ1) is 23.8. The Bertz CT molecular complexity index is 868. The van der Waals surface area contributed by atoms with Crippen LogP contribution in [-0.2, 0) is 25.5 Å². The van der Waals surface area contributed by atoms with Crippen LogP contribution in [0.5, 0.6) is 5.75 Å². The Kier molecular flexibility index (Phi) is 9.99. The summed E-state index contributed by atoms with van der Waals surface area (Å²) in [6.45, 7) is 2.74. The van der Waals surface area contributed by atoms with Gasteiger partial charge in [-0.25, -0.2) is 4.79 Å². The topological polar surface area (TPSA) is 112 Å². The number of carbonyl (C=O) groups excluding carboxylic acids is 3. The van der Waals surface area contributed by atoms with Crippen LogP contribution in [0.3, 0.4) is 0 Å². The third-order valence-corrected chi connectivity index (χ3v) is 3.98. The molecule has 0 spiro atoms. The molecular weight excluding hydrogens is 404 g/mol. The van der Waals surface area contributed by atoms with Crippen molar-refractivity contribution in [3.8, 4) is 5.75 Å². The molecule has 0 heterocycles. The fraction of sp³-hybridized carbons (Fsp3) is 0.318. The number of nitrogens with one attached hydrogen (secondary N) is 2. The van der Waals surface area contributed by atoms with E-state index >= 15 is 0 Å². The third-order valence-electron chi connectivity index (χ3n) is 3.98. The summed E-state index contributed by atoms with van der Waals surface area (Å²) in [4.78, 5) is 35.8. The average Bonchev–Trinajstić information content (AvgIpc) is 2.76. The highest BCUT2D eigenvalue weighted by Gasteiger charge is 2.11. The van der Waals surface area contributed by atoms with Crippen LogP contribution in [0.4, 0.5) is 10.5 Å². The van der Waals surface area contributed by atoms with Gasteiger partial charge in [-0.3, -0.25) is 9.59 Å². The smallest absolute Gasteiger partial charge is 0.434 e. The fourth-order valence-electron chi connectivity index (χ4n) is 2.49. The van der Waals surface area contributed by atoms with Crippen molar-refractivity contribution in [1.82, 2.24) is 5.32 Å². The number of methoxy groups -OCH3 is 1. The van der Waals surface area contributed by atoms with Gasteiger partial charge in [0.2, 0.25) is 5.91 Å². The highest BCUT2D eigenvalue weighted by atomic mass is 16.7. The molecule has 166 valence electrons. The molecule has 0 fully saturated rings. The summed E-state index contributed by atoms with van der Waals surface area (Å²) in [5.41, 5.74) is 1.72. The lowest BCUT2D eigenvalue weighted by Crippen LogP contribution is -2.25. The second-order valence-electron chi connectivity index (χ2n) is 6.24. The normalized spacial score (nSPS) is 10.3. The maximum Gasteiger partial charge on any atom is 0.513 e. The van der Waals surface area contributed by atoms with E-state index in [1.54, 1.807) is 32.2 Å². The van der Waals surface area contributed by atoms with Gasteiger partial charge in [-0.05, 0) is 42.8 Å². The number of benzene rings is 2. The molecule has 9 heteroatoms. The molecule has 2 rings (SSSR count). The first-order valence-corrected chi connectivity index (χ1v) is 9.70. The van der Waals surface area contributed by atoms with E-state index in [1.165, 1.54) is 24.3 Å². The van der Waals surface area contributed by atoms with Gasteiger partial charge < -0.3 is 29.6 Å². The van der Waals surface area contributed by atoms with Crippen molar-refractivity contribution in [2.75, 3.05) is 38.9 Å². The fourth-order valence-corrected chi connectivity index (χ4v) is 2.49. The predicted molar refractivity (Wildman–Crippen MR) is 113 cm³/mol. The zero-order valence-corrected chi connectivity index (χ0v) is 17.5. The number of para-hydroxylation sites is 1. The Balaban J connectivity index is 1.89. The van der Waals surface area contributed by atoms with Gasteiger partial charge in [0.05, 0.1) is 19.8 Å². The molecule has 0 unspecified atom stereocenters. The molecule has 0 aromatic heterocycles. The Morgan fingerprint density at radius 1 is 0.968 bits per heavy atom. The molecule has 9 nitrogen and oxygen atoms in total.